The zero-order valence-corrected chi connectivity index (χ0v) is 12.7. The summed E-state index contributed by atoms with van der Waals surface area (Å²) in [5.41, 5.74) is 0. The number of amides is 2. The number of likely N-dealkylation sites (N-methyl/N-ethyl adjacent to an activating group) is 1. The number of rotatable bonds is 5. The van der Waals surface area contributed by atoms with Gasteiger partial charge in [-0.1, -0.05) is 12.8 Å². The van der Waals surface area contributed by atoms with Crippen LogP contribution in [0.5, 0.6) is 0 Å². The van der Waals surface area contributed by atoms with Crippen molar-refractivity contribution in [3.63, 3.8) is 0 Å². The van der Waals surface area contributed by atoms with Gasteiger partial charge in [0.2, 0.25) is 11.8 Å². The van der Waals surface area contributed by atoms with Crippen LogP contribution in [0, 0.1) is 5.92 Å². The first-order valence-corrected chi connectivity index (χ1v) is 7.87. The molecule has 0 radical (unpaired) electrons. The van der Waals surface area contributed by atoms with E-state index in [0.29, 0.717) is 25.7 Å². The molecule has 0 unspecified atom stereocenters. The van der Waals surface area contributed by atoms with Crippen molar-refractivity contribution in [2.75, 3.05) is 33.2 Å². The van der Waals surface area contributed by atoms with Crippen LogP contribution in [-0.4, -0.2) is 60.9 Å². The first kappa shape index (κ1) is 15.3. The Labute approximate surface area is 121 Å². The minimum atomic E-state index is -0.0179. The Balaban J connectivity index is 1.77. The van der Waals surface area contributed by atoms with Crippen molar-refractivity contribution in [1.82, 2.24) is 15.1 Å². The number of hydrogen-bond donors (Lipinski definition) is 1. The molecule has 114 valence electrons. The van der Waals surface area contributed by atoms with Gasteiger partial charge in [-0.15, -0.1) is 0 Å². The molecular weight excluding hydrogens is 254 g/mol. The lowest BCUT2D eigenvalue weighted by Crippen LogP contribution is -2.42. The van der Waals surface area contributed by atoms with Gasteiger partial charge in [-0.05, 0) is 33.2 Å². The number of nitrogens with one attached hydrogen (secondary N) is 1. The topological polar surface area (TPSA) is 52.7 Å². The van der Waals surface area contributed by atoms with Gasteiger partial charge in [0.05, 0.1) is 12.5 Å². The summed E-state index contributed by atoms with van der Waals surface area (Å²) < 4.78 is 0. The molecule has 2 amide bonds. The maximum Gasteiger partial charge on any atom is 0.236 e. The van der Waals surface area contributed by atoms with Crippen LogP contribution in [0.3, 0.4) is 0 Å². The Bertz CT molecular complexity index is 353. The highest BCUT2D eigenvalue weighted by Gasteiger charge is 2.31. The highest BCUT2D eigenvalue weighted by Crippen LogP contribution is 2.23. The fraction of sp³-hybridized carbons (Fsp3) is 0.867. The van der Waals surface area contributed by atoms with Crippen molar-refractivity contribution in [2.45, 2.75) is 45.1 Å². The summed E-state index contributed by atoms with van der Waals surface area (Å²) in [6, 6.07) is 0.570. The number of nitrogens with zero attached hydrogens (tertiary/aromatic N) is 2. The predicted molar refractivity (Wildman–Crippen MR) is 78.3 cm³/mol. The molecule has 1 saturated heterocycles. The Kier molecular flexibility index (Phi) is 5.40. The molecule has 0 bridgehead atoms. The van der Waals surface area contributed by atoms with Crippen LogP contribution in [0.2, 0.25) is 0 Å². The molecule has 5 heteroatoms. The number of carbonyl (C=O) groups is 2. The lowest BCUT2D eigenvalue weighted by molar-refractivity contribution is -0.132. The Hall–Kier alpha value is -1.10. The quantitative estimate of drug-likeness (QED) is 0.812. The third kappa shape index (κ3) is 3.72. The van der Waals surface area contributed by atoms with E-state index in [0.717, 1.165) is 13.0 Å². The van der Waals surface area contributed by atoms with Gasteiger partial charge in [0.25, 0.3) is 0 Å². The van der Waals surface area contributed by atoms with Crippen LogP contribution in [0.15, 0.2) is 0 Å². The lowest BCUT2D eigenvalue weighted by Gasteiger charge is -2.26. The van der Waals surface area contributed by atoms with Crippen molar-refractivity contribution < 1.29 is 9.59 Å². The highest BCUT2D eigenvalue weighted by atomic mass is 16.2. The van der Waals surface area contributed by atoms with Crippen LogP contribution in [0.25, 0.3) is 0 Å². The van der Waals surface area contributed by atoms with Gasteiger partial charge in [0, 0.05) is 25.7 Å². The molecule has 2 fully saturated rings. The van der Waals surface area contributed by atoms with Crippen molar-refractivity contribution in [1.29, 1.82) is 0 Å². The molecule has 1 aliphatic carbocycles. The molecule has 1 aliphatic heterocycles. The van der Waals surface area contributed by atoms with Crippen LogP contribution < -0.4 is 5.32 Å². The standard InChI is InChI=1S/C15H27N3O2/c1-3-16-15(20)12-8-9-18(10-12)14(19)11-17(2)13-6-4-5-7-13/h12-13H,3-11H2,1-2H3,(H,16,20)/t12-/m0/s1. The van der Waals surface area contributed by atoms with Crippen molar-refractivity contribution >= 4 is 11.8 Å². The third-order valence-electron chi connectivity index (χ3n) is 4.60. The van der Waals surface area contributed by atoms with Gasteiger partial charge in [-0.25, -0.2) is 0 Å². The van der Waals surface area contributed by atoms with Gasteiger partial charge < -0.3 is 10.2 Å². The van der Waals surface area contributed by atoms with E-state index in [9.17, 15) is 9.59 Å². The molecule has 0 aromatic carbocycles. The van der Waals surface area contributed by atoms with Gasteiger partial charge in [-0.3, -0.25) is 14.5 Å². The van der Waals surface area contributed by atoms with E-state index in [1.807, 2.05) is 18.9 Å². The second kappa shape index (κ2) is 7.07. The van der Waals surface area contributed by atoms with Gasteiger partial charge >= 0.3 is 0 Å². The second-order valence-electron chi connectivity index (χ2n) is 6.07. The van der Waals surface area contributed by atoms with Crippen LogP contribution in [0.1, 0.15) is 39.0 Å². The molecule has 1 N–H and O–H groups in total. The van der Waals surface area contributed by atoms with E-state index in [-0.39, 0.29) is 17.7 Å². The maximum atomic E-state index is 12.3. The summed E-state index contributed by atoms with van der Waals surface area (Å²) in [6.45, 7) is 4.38. The van der Waals surface area contributed by atoms with Crippen molar-refractivity contribution in [2.24, 2.45) is 5.92 Å². The average molecular weight is 281 g/mol. The fourth-order valence-corrected chi connectivity index (χ4v) is 3.31. The van der Waals surface area contributed by atoms with Crippen LogP contribution in [0.4, 0.5) is 0 Å². The molecule has 0 aromatic heterocycles. The van der Waals surface area contributed by atoms with Crippen molar-refractivity contribution in [3.8, 4) is 0 Å². The summed E-state index contributed by atoms with van der Waals surface area (Å²) >= 11 is 0. The molecular formula is C15H27N3O2. The first-order valence-electron chi connectivity index (χ1n) is 7.87. The molecule has 1 heterocycles. The van der Waals surface area contributed by atoms with E-state index >= 15 is 0 Å². The minimum absolute atomic E-state index is 0.0179. The van der Waals surface area contributed by atoms with Gasteiger partial charge in [0.1, 0.15) is 0 Å². The second-order valence-corrected chi connectivity index (χ2v) is 6.07. The molecule has 5 nitrogen and oxygen atoms in total. The minimum Gasteiger partial charge on any atom is -0.356 e. The van der Waals surface area contributed by atoms with E-state index in [1.165, 1.54) is 25.7 Å². The number of likely N-dealkylation sites (tertiary alicyclic amines) is 1. The average Bonchev–Trinajstić information content (AvgIpc) is 3.10. The fourth-order valence-electron chi connectivity index (χ4n) is 3.31. The third-order valence-corrected chi connectivity index (χ3v) is 4.60. The monoisotopic (exact) mass is 281 g/mol. The molecule has 1 saturated carbocycles. The van der Waals surface area contributed by atoms with Crippen molar-refractivity contribution in [3.05, 3.63) is 0 Å². The summed E-state index contributed by atoms with van der Waals surface area (Å²) in [5, 5.41) is 2.85. The molecule has 2 aliphatic rings. The zero-order chi connectivity index (χ0) is 14.5. The summed E-state index contributed by atoms with van der Waals surface area (Å²) in [6.07, 6.45) is 5.79. The Morgan fingerprint density at radius 2 is 1.95 bits per heavy atom. The summed E-state index contributed by atoms with van der Waals surface area (Å²) in [5.74, 6) is 0.244. The molecule has 2 rings (SSSR count). The van der Waals surface area contributed by atoms with E-state index in [4.69, 9.17) is 0 Å². The lowest BCUT2D eigenvalue weighted by atomic mass is 10.1. The van der Waals surface area contributed by atoms with E-state index in [1.54, 1.807) is 0 Å². The molecule has 1 atom stereocenters. The smallest absolute Gasteiger partial charge is 0.236 e. The molecule has 0 aromatic rings. The zero-order valence-electron chi connectivity index (χ0n) is 12.7. The molecule has 0 spiro atoms. The van der Waals surface area contributed by atoms with E-state index < -0.39 is 0 Å². The maximum absolute atomic E-state index is 12.3. The van der Waals surface area contributed by atoms with Crippen LogP contribution >= 0.6 is 0 Å². The van der Waals surface area contributed by atoms with Gasteiger partial charge in [0.15, 0.2) is 0 Å². The highest BCUT2D eigenvalue weighted by molar-refractivity contribution is 5.82. The Morgan fingerprint density at radius 1 is 1.25 bits per heavy atom. The summed E-state index contributed by atoms with van der Waals surface area (Å²) in [7, 11) is 2.05. The normalized spacial score (nSPS) is 23.6. The molecule has 20 heavy (non-hydrogen) atoms. The number of carbonyl (C=O) groups excluding carboxylic acids is 2. The van der Waals surface area contributed by atoms with E-state index in [2.05, 4.69) is 10.2 Å². The SMILES string of the molecule is CCNC(=O)[C@H]1CCN(C(=O)CN(C)C2CCCC2)C1. The largest absolute Gasteiger partial charge is 0.356 e. The summed E-state index contributed by atoms with van der Waals surface area (Å²) in [4.78, 5) is 28.1. The predicted octanol–water partition coefficient (Wildman–Crippen LogP) is 0.845. The Morgan fingerprint density at radius 3 is 2.60 bits per heavy atom. The van der Waals surface area contributed by atoms with Crippen LogP contribution in [-0.2, 0) is 9.59 Å². The first-order chi connectivity index (χ1) is 9.61. The number of hydrogen-bond acceptors (Lipinski definition) is 3. The van der Waals surface area contributed by atoms with Gasteiger partial charge in [-0.2, -0.15) is 0 Å².